The number of unbranched alkanes of at least 4 members (excludes halogenated alkanes) is 1. The fourth-order valence-corrected chi connectivity index (χ4v) is 0.538. The van der Waals surface area contributed by atoms with Crippen LogP contribution in [0.4, 0.5) is 0 Å². The third-order valence-corrected chi connectivity index (χ3v) is 1.12. The number of carbonyl (C=O) groups is 1. The molecule has 0 spiro atoms. The van der Waals surface area contributed by atoms with E-state index in [0.717, 1.165) is 6.42 Å². The van der Waals surface area contributed by atoms with Gasteiger partial charge < -0.3 is 10.2 Å². The van der Waals surface area contributed by atoms with Gasteiger partial charge in [0.25, 0.3) is 0 Å². The molecule has 0 aromatic rings. The monoisotopic (exact) mass is 144 g/mol. The van der Waals surface area contributed by atoms with Gasteiger partial charge in [-0.3, -0.25) is 0 Å². The van der Waals surface area contributed by atoms with E-state index in [-0.39, 0.29) is 12.2 Å². The molecular weight excluding hydrogens is 132 g/mol. The first-order valence-corrected chi connectivity index (χ1v) is 3.25. The number of aliphatic hydroxyl groups is 1. The van der Waals surface area contributed by atoms with E-state index in [4.69, 9.17) is 10.2 Å². The summed E-state index contributed by atoms with van der Waals surface area (Å²) in [5.41, 5.74) is 0.0850. The van der Waals surface area contributed by atoms with Crippen molar-refractivity contribution in [1.82, 2.24) is 0 Å². The van der Waals surface area contributed by atoms with Crippen molar-refractivity contribution in [3.05, 3.63) is 11.6 Å². The molecule has 2 N–H and O–H groups in total. The van der Waals surface area contributed by atoms with E-state index in [0.29, 0.717) is 6.42 Å². The second-order valence-electron chi connectivity index (χ2n) is 1.98. The van der Waals surface area contributed by atoms with Crippen LogP contribution in [-0.2, 0) is 4.79 Å². The van der Waals surface area contributed by atoms with E-state index >= 15 is 0 Å². The first-order chi connectivity index (χ1) is 4.72. The third-order valence-electron chi connectivity index (χ3n) is 1.12. The lowest BCUT2D eigenvalue weighted by Gasteiger charge is -1.94. The van der Waals surface area contributed by atoms with Crippen LogP contribution < -0.4 is 0 Å². The highest BCUT2D eigenvalue weighted by molar-refractivity contribution is 5.86. The van der Waals surface area contributed by atoms with E-state index in [1.165, 1.54) is 0 Å². The maximum absolute atomic E-state index is 10.2. The second kappa shape index (κ2) is 4.99. The molecule has 0 saturated heterocycles. The Morgan fingerprint density at radius 2 is 2.20 bits per heavy atom. The highest BCUT2D eigenvalue weighted by Gasteiger charge is 2.02. The highest BCUT2D eigenvalue weighted by Crippen LogP contribution is 1.97. The Balaban J connectivity index is 3.91. The first kappa shape index (κ1) is 9.17. The van der Waals surface area contributed by atoms with Crippen molar-refractivity contribution in [2.75, 3.05) is 6.61 Å². The minimum Gasteiger partial charge on any atom is -0.478 e. The van der Waals surface area contributed by atoms with E-state index in [2.05, 4.69) is 0 Å². The number of hydrogen-bond acceptors (Lipinski definition) is 2. The lowest BCUT2D eigenvalue weighted by molar-refractivity contribution is -0.133. The number of rotatable bonds is 4. The Hall–Kier alpha value is -0.830. The topological polar surface area (TPSA) is 57.5 Å². The summed E-state index contributed by atoms with van der Waals surface area (Å²) in [6.45, 7) is 1.57. The van der Waals surface area contributed by atoms with Gasteiger partial charge in [0.1, 0.15) is 0 Å². The van der Waals surface area contributed by atoms with Crippen LogP contribution in [0.1, 0.15) is 19.8 Å². The molecule has 3 nitrogen and oxygen atoms in total. The molecule has 0 rings (SSSR count). The fourth-order valence-electron chi connectivity index (χ4n) is 0.538. The number of hydrogen-bond donors (Lipinski definition) is 2. The van der Waals surface area contributed by atoms with E-state index in [9.17, 15) is 4.79 Å². The van der Waals surface area contributed by atoms with Crippen LogP contribution in [-0.4, -0.2) is 22.8 Å². The van der Waals surface area contributed by atoms with Crippen LogP contribution >= 0.6 is 0 Å². The lowest BCUT2D eigenvalue weighted by atomic mass is 10.2. The Kier molecular flexibility index (Phi) is 4.58. The molecule has 0 aromatic heterocycles. The third kappa shape index (κ3) is 3.25. The molecule has 0 radical (unpaired) electrons. The molecule has 0 bridgehead atoms. The van der Waals surface area contributed by atoms with Gasteiger partial charge in [0.2, 0.25) is 0 Å². The number of aliphatic hydroxyl groups excluding tert-OH is 1. The summed E-state index contributed by atoms with van der Waals surface area (Å²) in [5.74, 6) is -1.03. The van der Waals surface area contributed by atoms with Crippen molar-refractivity contribution in [2.45, 2.75) is 19.8 Å². The largest absolute Gasteiger partial charge is 0.478 e. The minimum atomic E-state index is -1.03. The van der Waals surface area contributed by atoms with Crippen molar-refractivity contribution in [3.63, 3.8) is 0 Å². The number of aliphatic carboxylic acids is 1. The van der Waals surface area contributed by atoms with Gasteiger partial charge in [0.15, 0.2) is 0 Å². The predicted octanol–water partition coefficient (Wildman–Crippen LogP) is 0.790. The second-order valence-corrected chi connectivity index (χ2v) is 1.98. The number of allylic oxidation sites excluding steroid dienone is 1. The molecule has 0 aliphatic heterocycles. The minimum absolute atomic E-state index is 0.0850. The van der Waals surface area contributed by atoms with Crippen molar-refractivity contribution in [3.8, 4) is 0 Å². The van der Waals surface area contributed by atoms with Gasteiger partial charge in [-0.15, -0.1) is 0 Å². The van der Waals surface area contributed by atoms with Crippen LogP contribution in [0.2, 0.25) is 0 Å². The Bertz CT molecular complexity index is 138. The van der Waals surface area contributed by atoms with Gasteiger partial charge in [-0.25, -0.2) is 4.79 Å². The molecule has 0 unspecified atom stereocenters. The molecule has 0 heterocycles. The first-order valence-electron chi connectivity index (χ1n) is 3.25. The van der Waals surface area contributed by atoms with Crippen molar-refractivity contribution >= 4 is 5.97 Å². The van der Waals surface area contributed by atoms with Gasteiger partial charge >= 0.3 is 5.97 Å². The zero-order valence-electron chi connectivity index (χ0n) is 6.00. The van der Waals surface area contributed by atoms with Gasteiger partial charge in [-0.2, -0.15) is 0 Å². The fraction of sp³-hybridized carbons (Fsp3) is 0.571. The maximum Gasteiger partial charge on any atom is 0.333 e. The van der Waals surface area contributed by atoms with Crippen LogP contribution in [0.25, 0.3) is 0 Å². The number of carboxylic acid groups (broad SMARTS) is 1. The molecule has 0 atom stereocenters. The zero-order valence-corrected chi connectivity index (χ0v) is 6.00. The summed E-state index contributed by atoms with van der Waals surface area (Å²) in [6.07, 6.45) is 3.15. The normalized spacial score (nSPS) is 11.6. The quantitative estimate of drug-likeness (QED) is 0.573. The van der Waals surface area contributed by atoms with E-state index < -0.39 is 5.97 Å². The summed E-state index contributed by atoms with van der Waals surface area (Å²) in [4.78, 5) is 10.2. The summed E-state index contributed by atoms with van der Waals surface area (Å²) >= 11 is 0. The number of carboxylic acids is 1. The van der Waals surface area contributed by atoms with Crippen LogP contribution in [0.3, 0.4) is 0 Å². The zero-order chi connectivity index (χ0) is 7.98. The van der Waals surface area contributed by atoms with Gasteiger partial charge in [-0.1, -0.05) is 19.4 Å². The van der Waals surface area contributed by atoms with Crippen molar-refractivity contribution in [1.29, 1.82) is 0 Å². The molecule has 3 heteroatoms. The SMILES string of the molecule is CCC/C=C(/CO)C(=O)O. The molecule has 0 aromatic carbocycles. The van der Waals surface area contributed by atoms with Crippen LogP contribution in [0.15, 0.2) is 11.6 Å². The van der Waals surface area contributed by atoms with Crippen molar-refractivity contribution < 1.29 is 15.0 Å². The van der Waals surface area contributed by atoms with E-state index in [1.54, 1.807) is 6.08 Å². The summed E-state index contributed by atoms with van der Waals surface area (Å²) in [7, 11) is 0. The average molecular weight is 144 g/mol. The summed E-state index contributed by atoms with van der Waals surface area (Å²) in [6, 6.07) is 0. The Labute approximate surface area is 60.0 Å². The molecule has 10 heavy (non-hydrogen) atoms. The Morgan fingerprint density at radius 1 is 1.60 bits per heavy atom. The van der Waals surface area contributed by atoms with Gasteiger partial charge in [0, 0.05) is 0 Å². The molecule has 0 aliphatic rings. The van der Waals surface area contributed by atoms with Crippen LogP contribution in [0.5, 0.6) is 0 Å². The standard InChI is InChI=1S/C7H12O3/c1-2-3-4-6(5-8)7(9)10/h4,8H,2-3,5H2,1H3,(H,9,10)/b6-4-. The molecule has 0 saturated carbocycles. The summed E-state index contributed by atoms with van der Waals surface area (Å²) in [5, 5.41) is 16.8. The van der Waals surface area contributed by atoms with Crippen molar-refractivity contribution in [2.24, 2.45) is 0 Å². The average Bonchev–Trinajstić information content (AvgIpc) is 1.89. The molecule has 0 aliphatic carbocycles. The highest BCUT2D eigenvalue weighted by atomic mass is 16.4. The van der Waals surface area contributed by atoms with Gasteiger partial charge in [0.05, 0.1) is 12.2 Å². The maximum atomic E-state index is 10.2. The van der Waals surface area contributed by atoms with Gasteiger partial charge in [-0.05, 0) is 6.42 Å². The van der Waals surface area contributed by atoms with E-state index in [1.807, 2.05) is 6.92 Å². The molecular formula is C7H12O3. The summed E-state index contributed by atoms with van der Waals surface area (Å²) < 4.78 is 0. The van der Waals surface area contributed by atoms with Crippen LogP contribution in [0, 0.1) is 0 Å². The molecule has 0 amide bonds. The predicted molar refractivity (Wildman–Crippen MR) is 37.7 cm³/mol. The lowest BCUT2D eigenvalue weighted by Crippen LogP contribution is -2.04. The smallest absolute Gasteiger partial charge is 0.333 e. The molecule has 58 valence electrons. The molecule has 0 fully saturated rings. The Morgan fingerprint density at radius 3 is 2.50 bits per heavy atom.